The summed E-state index contributed by atoms with van der Waals surface area (Å²) in [5, 5.41) is 11.0. The number of thiazole rings is 1. The van der Waals surface area contributed by atoms with Gasteiger partial charge in [0.25, 0.3) is 11.2 Å². The average Bonchev–Trinajstić information content (AvgIpc) is 3.40. The van der Waals surface area contributed by atoms with Crippen molar-refractivity contribution in [3.8, 4) is 23.0 Å². The molecule has 0 radical (unpaired) electrons. The van der Waals surface area contributed by atoms with Crippen LogP contribution in [0.15, 0.2) is 81.7 Å². The minimum absolute atomic E-state index is 0.00128. The lowest BCUT2D eigenvalue weighted by Crippen LogP contribution is -2.40. The zero-order chi connectivity index (χ0) is 34.4. The molecule has 48 heavy (non-hydrogen) atoms. The first-order chi connectivity index (χ1) is 23.2. The Hall–Kier alpha value is -5.43. The number of hydrogen-bond donors (Lipinski definition) is 0. The highest BCUT2D eigenvalue weighted by Crippen LogP contribution is 2.39. The number of fused-ring (bicyclic) bond motifs is 1. The lowest BCUT2D eigenvalue weighted by molar-refractivity contribution is -0.384. The molecule has 4 aromatic rings. The van der Waals surface area contributed by atoms with Gasteiger partial charge < -0.3 is 23.7 Å². The number of nitrogens with zero attached hydrogens (tertiary/aromatic N) is 3. The van der Waals surface area contributed by atoms with Crippen LogP contribution in [0.3, 0.4) is 0 Å². The van der Waals surface area contributed by atoms with Crippen molar-refractivity contribution in [3.05, 3.63) is 118 Å². The summed E-state index contributed by atoms with van der Waals surface area (Å²) in [5.74, 6) is 1.36. The Morgan fingerprint density at radius 1 is 0.979 bits per heavy atom. The highest BCUT2D eigenvalue weighted by Gasteiger charge is 2.36. The first-order valence-corrected chi connectivity index (χ1v) is 16.0. The SMILES string of the molecule is CCCC1=C(C(=O)OCC)[C@H](c2cc(OC)ccc2OC)n2c(s/c(=C\c3ccc(OCc4ccc([N+](=O)[O-])cc4)c(OC)c3)c2=O)=N1. The largest absolute Gasteiger partial charge is 0.497 e. The second-order valence-electron chi connectivity index (χ2n) is 10.6. The summed E-state index contributed by atoms with van der Waals surface area (Å²) < 4.78 is 30.1. The zero-order valence-electron chi connectivity index (χ0n) is 27.2. The number of methoxy groups -OCH3 is 3. The average molecular weight is 674 g/mol. The number of allylic oxidation sites excluding steroid dienone is 1. The highest BCUT2D eigenvalue weighted by molar-refractivity contribution is 7.07. The van der Waals surface area contributed by atoms with E-state index in [0.29, 0.717) is 55.6 Å². The van der Waals surface area contributed by atoms with Crippen LogP contribution in [0.1, 0.15) is 49.4 Å². The van der Waals surface area contributed by atoms with Gasteiger partial charge in [-0.3, -0.25) is 19.5 Å². The van der Waals surface area contributed by atoms with E-state index in [1.165, 1.54) is 42.3 Å². The standard InChI is InChI=1S/C35H35N3O9S/c1-6-8-26-31(34(40)46-7-2)32(25-19-24(43-3)14-16-27(25)44-4)37-33(39)30(48-35(37)36-26)18-22-11-15-28(29(17-22)45-5)47-20-21-9-12-23(13-10-21)38(41)42/h9-19,32H,6-8,20H2,1-5H3/b30-18-/t32-/m0/s1. The van der Waals surface area contributed by atoms with Gasteiger partial charge in [-0.15, -0.1) is 0 Å². The Bertz CT molecular complexity index is 2050. The first kappa shape index (κ1) is 33.9. The van der Waals surface area contributed by atoms with E-state index in [4.69, 9.17) is 28.7 Å². The summed E-state index contributed by atoms with van der Waals surface area (Å²) >= 11 is 1.21. The molecular formula is C35H35N3O9S. The molecule has 13 heteroatoms. The van der Waals surface area contributed by atoms with E-state index in [1.807, 2.05) is 6.92 Å². The molecule has 12 nitrogen and oxygen atoms in total. The fourth-order valence-corrected chi connectivity index (χ4v) is 6.41. The summed E-state index contributed by atoms with van der Waals surface area (Å²) in [4.78, 5) is 43.5. The fourth-order valence-electron chi connectivity index (χ4n) is 5.39. The van der Waals surface area contributed by atoms with Gasteiger partial charge >= 0.3 is 5.97 Å². The molecule has 3 aromatic carbocycles. The smallest absolute Gasteiger partial charge is 0.338 e. The van der Waals surface area contributed by atoms with Crippen molar-refractivity contribution in [1.82, 2.24) is 4.57 Å². The number of rotatable bonds is 13. The third kappa shape index (κ3) is 6.95. The number of carbonyl (C=O) groups excluding carboxylic acids is 1. The number of nitro groups is 1. The van der Waals surface area contributed by atoms with Gasteiger partial charge in [-0.25, -0.2) is 9.79 Å². The van der Waals surface area contributed by atoms with E-state index in [-0.39, 0.29) is 30.0 Å². The molecule has 0 aliphatic carbocycles. The molecule has 0 fully saturated rings. The van der Waals surface area contributed by atoms with Crippen molar-refractivity contribution in [2.24, 2.45) is 4.99 Å². The maximum absolute atomic E-state index is 14.2. The summed E-state index contributed by atoms with van der Waals surface area (Å²) in [6, 6.07) is 15.8. The third-order valence-electron chi connectivity index (χ3n) is 7.65. The van der Waals surface area contributed by atoms with Crippen molar-refractivity contribution in [1.29, 1.82) is 0 Å². The molecule has 2 heterocycles. The van der Waals surface area contributed by atoms with Crippen LogP contribution in [0.5, 0.6) is 23.0 Å². The summed E-state index contributed by atoms with van der Waals surface area (Å²) in [7, 11) is 4.59. The second-order valence-corrected chi connectivity index (χ2v) is 11.7. The minimum Gasteiger partial charge on any atom is -0.497 e. The number of hydrogen-bond acceptors (Lipinski definition) is 11. The van der Waals surface area contributed by atoms with Crippen LogP contribution in [0.2, 0.25) is 0 Å². The van der Waals surface area contributed by atoms with Crippen LogP contribution < -0.4 is 33.8 Å². The first-order valence-electron chi connectivity index (χ1n) is 15.2. The predicted molar refractivity (Wildman–Crippen MR) is 180 cm³/mol. The molecule has 0 saturated heterocycles. The molecule has 0 saturated carbocycles. The highest BCUT2D eigenvalue weighted by atomic mass is 32.1. The molecule has 0 spiro atoms. The molecule has 0 bridgehead atoms. The van der Waals surface area contributed by atoms with Crippen molar-refractivity contribution >= 4 is 29.1 Å². The Labute approximate surface area is 280 Å². The van der Waals surface area contributed by atoms with Crippen LogP contribution >= 0.6 is 11.3 Å². The van der Waals surface area contributed by atoms with E-state index in [9.17, 15) is 19.7 Å². The van der Waals surface area contributed by atoms with Gasteiger partial charge in [0.1, 0.15) is 24.1 Å². The Balaban J connectivity index is 1.59. The Morgan fingerprint density at radius 2 is 1.71 bits per heavy atom. The van der Waals surface area contributed by atoms with Crippen molar-refractivity contribution in [2.75, 3.05) is 27.9 Å². The lowest BCUT2D eigenvalue weighted by Gasteiger charge is -2.27. The monoisotopic (exact) mass is 673 g/mol. The van der Waals surface area contributed by atoms with Crippen LogP contribution in [-0.2, 0) is 16.1 Å². The van der Waals surface area contributed by atoms with Gasteiger partial charge in [-0.1, -0.05) is 30.7 Å². The molecule has 1 atom stereocenters. The molecule has 0 N–H and O–H groups in total. The van der Waals surface area contributed by atoms with E-state index in [1.54, 1.807) is 68.6 Å². The molecule has 1 aliphatic heterocycles. The van der Waals surface area contributed by atoms with Gasteiger partial charge in [-0.05, 0) is 73.0 Å². The number of nitro benzene ring substituents is 1. The maximum Gasteiger partial charge on any atom is 0.338 e. The Kier molecular flexibility index (Phi) is 10.6. The topological polar surface area (TPSA) is 141 Å². The van der Waals surface area contributed by atoms with Crippen LogP contribution in [0.25, 0.3) is 6.08 Å². The van der Waals surface area contributed by atoms with E-state index in [2.05, 4.69) is 0 Å². The number of benzene rings is 3. The van der Waals surface area contributed by atoms with Crippen molar-refractivity contribution in [3.63, 3.8) is 0 Å². The maximum atomic E-state index is 14.2. The van der Waals surface area contributed by atoms with E-state index in [0.717, 1.165) is 12.0 Å². The number of carbonyl (C=O) groups is 1. The van der Waals surface area contributed by atoms with Gasteiger partial charge in [0, 0.05) is 17.7 Å². The van der Waals surface area contributed by atoms with Gasteiger partial charge in [0.05, 0.1) is 48.7 Å². The lowest BCUT2D eigenvalue weighted by atomic mass is 9.93. The molecular weight excluding hydrogens is 638 g/mol. The third-order valence-corrected chi connectivity index (χ3v) is 8.63. The minimum atomic E-state index is -0.876. The molecule has 0 amide bonds. The molecule has 1 aromatic heterocycles. The van der Waals surface area contributed by atoms with Crippen LogP contribution in [0.4, 0.5) is 5.69 Å². The summed E-state index contributed by atoms with van der Waals surface area (Å²) in [6.07, 6.45) is 2.96. The number of esters is 1. The van der Waals surface area contributed by atoms with Gasteiger partial charge in [0.15, 0.2) is 16.3 Å². The fraction of sp³-hybridized carbons (Fsp3) is 0.286. The van der Waals surface area contributed by atoms with Gasteiger partial charge in [0.2, 0.25) is 0 Å². The molecule has 1 aliphatic rings. The predicted octanol–water partition coefficient (Wildman–Crippen LogP) is 5.09. The van der Waals surface area contributed by atoms with Crippen molar-refractivity contribution in [2.45, 2.75) is 39.3 Å². The zero-order valence-corrected chi connectivity index (χ0v) is 28.0. The summed E-state index contributed by atoms with van der Waals surface area (Å²) in [5.41, 5.74) is 2.47. The number of non-ortho nitro benzene ring substituents is 1. The van der Waals surface area contributed by atoms with Crippen LogP contribution in [0, 0.1) is 10.1 Å². The van der Waals surface area contributed by atoms with Gasteiger partial charge in [-0.2, -0.15) is 0 Å². The van der Waals surface area contributed by atoms with Crippen LogP contribution in [-0.4, -0.2) is 43.4 Å². The quantitative estimate of drug-likeness (QED) is 0.108. The van der Waals surface area contributed by atoms with E-state index >= 15 is 0 Å². The number of aromatic nitrogens is 1. The van der Waals surface area contributed by atoms with E-state index < -0.39 is 16.9 Å². The summed E-state index contributed by atoms with van der Waals surface area (Å²) in [6.45, 7) is 4.05. The number of ether oxygens (including phenoxy) is 5. The second kappa shape index (κ2) is 15.0. The molecule has 5 rings (SSSR count). The normalized spacial score (nSPS) is 14.2. The Morgan fingerprint density at radius 3 is 2.35 bits per heavy atom. The van der Waals surface area contributed by atoms with Crippen molar-refractivity contribution < 1.29 is 33.4 Å². The molecule has 0 unspecified atom stereocenters. The molecule has 250 valence electrons.